The normalized spacial score (nSPS) is 17.9. The Morgan fingerprint density at radius 3 is 2.93 bits per heavy atom. The molecule has 2 rings (SSSR count). The molecule has 1 unspecified atom stereocenters. The largest absolute Gasteiger partial charge is 0.369 e. The number of hydrogen-bond donors (Lipinski definition) is 3. The van der Waals surface area contributed by atoms with Gasteiger partial charge in [-0.05, 0) is 57.0 Å². The number of nitrogens with zero attached hydrogens (tertiary/aromatic N) is 2. The summed E-state index contributed by atoms with van der Waals surface area (Å²) in [6.45, 7) is 7.08. The zero-order valence-electron chi connectivity index (χ0n) is 15.9. The first-order chi connectivity index (χ1) is 12.6. The van der Waals surface area contributed by atoms with Crippen LogP contribution in [0.15, 0.2) is 29.3 Å². The highest BCUT2D eigenvalue weighted by Gasteiger charge is 2.23. The summed E-state index contributed by atoms with van der Waals surface area (Å²) in [6.07, 6.45) is 2.96. The average molecular weight is 508 g/mol. The first-order valence-corrected chi connectivity index (χ1v) is 9.74. The van der Waals surface area contributed by atoms with E-state index in [4.69, 9.17) is 17.3 Å². The number of rotatable bonds is 8. The Bertz CT molecular complexity index is 614. The summed E-state index contributed by atoms with van der Waals surface area (Å²) in [6, 6.07) is 7.75. The summed E-state index contributed by atoms with van der Waals surface area (Å²) >= 11 is 6.01. The van der Waals surface area contributed by atoms with Crippen LogP contribution in [0.5, 0.6) is 0 Å². The molecule has 0 bridgehead atoms. The van der Waals surface area contributed by atoms with Gasteiger partial charge in [0.2, 0.25) is 5.91 Å². The van der Waals surface area contributed by atoms with Gasteiger partial charge in [-0.1, -0.05) is 23.7 Å². The quantitative estimate of drug-likeness (QED) is 0.219. The van der Waals surface area contributed by atoms with Crippen molar-refractivity contribution >= 4 is 47.4 Å². The smallest absolute Gasteiger partial charge is 0.221 e. The molecule has 8 heteroatoms. The van der Waals surface area contributed by atoms with Crippen molar-refractivity contribution in [3.63, 3.8) is 0 Å². The molecule has 1 aliphatic heterocycles. The Hall–Kier alpha value is -1.06. The molecule has 0 saturated carbocycles. The first-order valence-electron chi connectivity index (χ1n) is 9.36. The van der Waals surface area contributed by atoms with E-state index < -0.39 is 0 Å². The molecule has 1 aliphatic rings. The number of primary amides is 1. The fraction of sp³-hybridized carbons (Fsp3) is 0.579. The molecule has 0 spiro atoms. The number of likely N-dealkylation sites (tertiary alicyclic amines) is 1. The number of benzene rings is 1. The van der Waals surface area contributed by atoms with Gasteiger partial charge in [0.15, 0.2) is 5.96 Å². The zero-order chi connectivity index (χ0) is 18.8. The maximum atomic E-state index is 11.4. The van der Waals surface area contributed by atoms with Crippen LogP contribution in [0.4, 0.5) is 0 Å². The van der Waals surface area contributed by atoms with Crippen LogP contribution in [-0.2, 0) is 11.3 Å². The van der Waals surface area contributed by atoms with Crippen molar-refractivity contribution in [3.8, 4) is 0 Å². The highest BCUT2D eigenvalue weighted by molar-refractivity contribution is 14.0. The Morgan fingerprint density at radius 2 is 2.22 bits per heavy atom. The van der Waals surface area contributed by atoms with Crippen LogP contribution >= 0.6 is 35.6 Å². The van der Waals surface area contributed by atoms with Gasteiger partial charge in [-0.15, -0.1) is 24.0 Å². The van der Waals surface area contributed by atoms with Crippen molar-refractivity contribution in [1.29, 1.82) is 0 Å². The van der Waals surface area contributed by atoms with Gasteiger partial charge in [0, 0.05) is 24.7 Å². The van der Waals surface area contributed by atoms with Crippen LogP contribution in [0.3, 0.4) is 0 Å². The van der Waals surface area contributed by atoms with Gasteiger partial charge >= 0.3 is 0 Å². The number of amides is 1. The third-order valence-electron chi connectivity index (χ3n) is 4.50. The molecule has 1 aromatic rings. The van der Waals surface area contributed by atoms with Gasteiger partial charge < -0.3 is 21.3 Å². The monoisotopic (exact) mass is 507 g/mol. The number of hydrogen-bond acceptors (Lipinski definition) is 3. The summed E-state index contributed by atoms with van der Waals surface area (Å²) in [4.78, 5) is 18.3. The number of carbonyl (C=O) groups excluding carboxylic acids is 1. The Kier molecular flexibility index (Phi) is 11.7. The highest BCUT2D eigenvalue weighted by Crippen LogP contribution is 2.16. The van der Waals surface area contributed by atoms with Crippen molar-refractivity contribution in [2.75, 3.05) is 32.7 Å². The molecule has 4 N–H and O–H groups in total. The van der Waals surface area contributed by atoms with E-state index in [1.807, 2.05) is 31.2 Å². The minimum absolute atomic E-state index is 0. The Morgan fingerprint density at radius 1 is 1.41 bits per heavy atom. The molecule has 1 amide bonds. The number of aliphatic imine (C=N–C) groups is 1. The predicted octanol–water partition coefficient (Wildman–Crippen LogP) is 2.60. The average Bonchev–Trinajstić information content (AvgIpc) is 2.63. The van der Waals surface area contributed by atoms with Gasteiger partial charge in [0.1, 0.15) is 0 Å². The van der Waals surface area contributed by atoms with Crippen LogP contribution in [0, 0.1) is 5.92 Å². The van der Waals surface area contributed by atoms with E-state index in [0.29, 0.717) is 6.54 Å². The van der Waals surface area contributed by atoms with E-state index >= 15 is 0 Å². The fourth-order valence-electron chi connectivity index (χ4n) is 3.15. The van der Waals surface area contributed by atoms with Crippen LogP contribution in [0.2, 0.25) is 5.02 Å². The van der Waals surface area contributed by atoms with Crippen LogP contribution < -0.4 is 16.4 Å². The van der Waals surface area contributed by atoms with Gasteiger partial charge in [-0.25, -0.2) is 4.99 Å². The molecular formula is C19H31ClIN5O. The van der Waals surface area contributed by atoms with Crippen LogP contribution in [0.1, 0.15) is 31.7 Å². The van der Waals surface area contributed by atoms with E-state index in [1.54, 1.807) is 0 Å². The number of piperidine rings is 1. The SMILES string of the molecule is CCNC(=NCc1cccc(Cl)c1)NCCCN1CCCC(C(N)=O)C1.I. The number of nitrogens with one attached hydrogen (secondary N) is 2. The lowest BCUT2D eigenvalue weighted by Gasteiger charge is -2.31. The van der Waals surface area contributed by atoms with Crippen molar-refractivity contribution in [1.82, 2.24) is 15.5 Å². The summed E-state index contributed by atoms with van der Waals surface area (Å²) in [5.74, 6) is 0.643. The van der Waals surface area contributed by atoms with Gasteiger partial charge in [-0.2, -0.15) is 0 Å². The summed E-state index contributed by atoms with van der Waals surface area (Å²) in [7, 11) is 0. The molecule has 0 aliphatic carbocycles. The number of carbonyl (C=O) groups is 1. The Balaban J connectivity index is 0.00000364. The molecule has 1 aromatic carbocycles. The van der Waals surface area contributed by atoms with Crippen LogP contribution in [0.25, 0.3) is 0 Å². The molecule has 0 aromatic heterocycles. The second-order valence-corrected chi connectivity index (χ2v) is 7.08. The number of halogens is 2. The van der Waals surface area contributed by atoms with Crippen molar-refractivity contribution < 1.29 is 4.79 Å². The maximum absolute atomic E-state index is 11.4. The van der Waals surface area contributed by atoms with E-state index in [-0.39, 0.29) is 35.8 Å². The molecule has 1 fully saturated rings. The molecule has 152 valence electrons. The lowest BCUT2D eigenvalue weighted by molar-refractivity contribution is -0.123. The number of guanidine groups is 1. The van der Waals surface area contributed by atoms with E-state index in [9.17, 15) is 4.79 Å². The summed E-state index contributed by atoms with van der Waals surface area (Å²) < 4.78 is 0. The van der Waals surface area contributed by atoms with Crippen molar-refractivity contribution in [2.24, 2.45) is 16.6 Å². The zero-order valence-corrected chi connectivity index (χ0v) is 19.0. The third kappa shape index (κ3) is 9.12. The summed E-state index contributed by atoms with van der Waals surface area (Å²) in [5, 5.41) is 7.35. The standard InChI is InChI=1S/C19H30ClN5O.HI/c1-2-22-19(24-13-15-6-3-8-17(20)12-15)23-9-5-11-25-10-4-7-16(14-25)18(21)26;/h3,6,8,12,16H,2,4-5,7,9-11,13-14H2,1H3,(H2,21,26)(H2,22,23,24);1H. The molecule has 6 nitrogen and oxygen atoms in total. The molecule has 1 saturated heterocycles. The van der Waals surface area contributed by atoms with Gasteiger partial charge in [0.05, 0.1) is 12.5 Å². The van der Waals surface area contributed by atoms with Gasteiger partial charge in [0.25, 0.3) is 0 Å². The Labute approximate surface area is 184 Å². The topological polar surface area (TPSA) is 82.8 Å². The van der Waals surface area contributed by atoms with E-state index in [1.165, 1.54) is 0 Å². The maximum Gasteiger partial charge on any atom is 0.221 e. The second-order valence-electron chi connectivity index (χ2n) is 6.65. The molecule has 1 heterocycles. The predicted molar refractivity (Wildman–Crippen MR) is 123 cm³/mol. The van der Waals surface area contributed by atoms with E-state index in [0.717, 1.165) is 68.5 Å². The lowest BCUT2D eigenvalue weighted by atomic mass is 9.97. The molecule has 1 atom stereocenters. The van der Waals surface area contributed by atoms with E-state index in [2.05, 4.69) is 20.5 Å². The third-order valence-corrected chi connectivity index (χ3v) is 4.74. The summed E-state index contributed by atoms with van der Waals surface area (Å²) in [5.41, 5.74) is 6.52. The highest BCUT2D eigenvalue weighted by atomic mass is 127. The fourth-order valence-corrected chi connectivity index (χ4v) is 3.36. The van der Waals surface area contributed by atoms with Crippen molar-refractivity contribution in [2.45, 2.75) is 32.7 Å². The van der Waals surface area contributed by atoms with Crippen LogP contribution in [-0.4, -0.2) is 49.5 Å². The van der Waals surface area contributed by atoms with Gasteiger partial charge in [-0.3, -0.25) is 4.79 Å². The minimum atomic E-state index is -0.171. The lowest BCUT2D eigenvalue weighted by Crippen LogP contribution is -2.43. The minimum Gasteiger partial charge on any atom is -0.369 e. The van der Waals surface area contributed by atoms with Crippen molar-refractivity contribution in [3.05, 3.63) is 34.9 Å². The molecule has 0 radical (unpaired) electrons. The first kappa shape index (κ1) is 24.0. The molecule has 27 heavy (non-hydrogen) atoms. The number of nitrogens with two attached hydrogens (primary N) is 1. The molecular weight excluding hydrogens is 477 g/mol. The second kappa shape index (κ2) is 13.2.